The van der Waals surface area contributed by atoms with E-state index in [2.05, 4.69) is 5.32 Å². The molecule has 0 radical (unpaired) electrons. The van der Waals surface area contributed by atoms with Gasteiger partial charge < -0.3 is 10.1 Å². The van der Waals surface area contributed by atoms with Gasteiger partial charge >= 0.3 is 0 Å². The number of amides is 1. The minimum absolute atomic E-state index is 0.0221. The summed E-state index contributed by atoms with van der Waals surface area (Å²) in [6.07, 6.45) is 2.43. The van der Waals surface area contributed by atoms with Gasteiger partial charge in [0, 0.05) is 18.0 Å². The van der Waals surface area contributed by atoms with E-state index in [9.17, 15) is 4.79 Å². The lowest BCUT2D eigenvalue weighted by Gasteiger charge is -2.61. The van der Waals surface area contributed by atoms with Crippen molar-refractivity contribution in [3.63, 3.8) is 0 Å². The van der Waals surface area contributed by atoms with Crippen molar-refractivity contribution in [2.24, 2.45) is 11.3 Å². The first kappa shape index (κ1) is 17.1. The molecule has 4 saturated carbocycles. The Hall–Kier alpha value is -1.36. The van der Waals surface area contributed by atoms with Gasteiger partial charge in [0.05, 0.1) is 12.7 Å². The van der Waals surface area contributed by atoms with Crippen LogP contribution >= 0.6 is 11.6 Å². The van der Waals surface area contributed by atoms with E-state index in [4.69, 9.17) is 16.3 Å². The summed E-state index contributed by atoms with van der Waals surface area (Å²) in [5.74, 6) is 0.191. The van der Waals surface area contributed by atoms with Gasteiger partial charge in [-0.2, -0.15) is 0 Å². The minimum atomic E-state index is -1.41. The van der Waals surface area contributed by atoms with Gasteiger partial charge in [0.2, 0.25) is 0 Å². The molecule has 0 aliphatic heterocycles. The predicted octanol–water partition coefficient (Wildman–Crippen LogP) is 4.48. The Bertz CT molecular complexity index is 707. The van der Waals surface area contributed by atoms with Crippen LogP contribution in [-0.2, 0) is 0 Å². The van der Waals surface area contributed by atoms with Crippen LogP contribution in [0.2, 0.25) is 5.02 Å². The maximum atomic E-state index is 15.0. The molecule has 4 aliphatic rings. The number of hydrogen-bond donors (Lipinski definition) is 1. The Labute approximate surface area is 151 Å². The van der Waals surface area contributed by atoms with E-state index in [-0.39, 0.29) is 24.8 Å². The Morgan fingerprint density at radius 3 is 2.52 bits per heavy atom. The van der Waals surface area contributed by atoms with Crippen LogP contribution in [0, 0.1) is 11.3 Å². The zero-order chi connectivity index (χ0) is 17.9. The molecule has 1 aromatic carbocycles. The van der Waals surface area contributed by atoms with Crippen molar-refractivity contribution in [3.05, 3.63) is 28.8 Å². The van der Waals surface area contributed by atoms with E-state index in [1.165, 1.54) is 7.11 Å². The van der Waals surface area contributed by atoms with Gasteiger partial charge in [-0.25, -0.2) is 8.78 Å². The van der Waals surface area contributed by atoms with Gasteiger partial charge in [0.1, 0.15) is 17.1 Å². The van der Waals surface area contributed by atoms with Crippen LogP contribution in [0.1, 0.15) is 48.9 Å². The third-order valence-electron chi connectivity index (χ3n) is 6.08. The summed E-state index contributed by atoms with van der Waals surface area (Å²) < 4.78 is 35.2. The molecular weight excluding hydrogens is 348 g/mol. The second kappa shape index (κ2) is 5.57. The van der Waals surface area contributed by atoms with E-state index in [1.807, 2.05) is 0 Å². The van der Waals surface area contributed by atoms with Crippen LogP contribution in [0.25, 0.3) is 0 Å². The number of ether oxygens (including phenoxy) is 1. The number of rotatable bonds is 4. The van der Waals surface area contributed by atoms with E-state index in [0.29, 0.717) is 42.0 Å². The Morgan fingerprint density at radius 2 is 1.92 bits per heavy atom. The highest BCUT2D eigenvalue weighted by Crippen LogP contribution is 2.65. The summed E-state index contributed by atoms with van der Waals surface area (Å²) in [5, 5.41) is 3.32. The van der Waals surface area contributed by atoms with Gasteiger partial charge in [0.25, 0.3) is 5.91 Å². The number of methoxy groups -OCH3 is 1. The fourth-order valence-corrected chi connectivity index (χ4v) is 5.99. The van der Waals surface area contributed by atoms with Crippen molar-refractivity contribution in [1.82, 2.24) is 5.32 Å². The molecule has 25 heavy (non-hydrogen) atoms. The molecule has 0 aromatic heterocycles. The van der Waals surface area contributed by atoms with Gasteiger partial charge in [0.15, 0.2) is 0 Å². The number of benzene rings is 1. The quantitative estimate of drug-likeness (QED) is 0.849. The van der Waals surface area contributed by atoms with E-state index < -0.39 is 16.8 Å². The number of nitrogens with one attached hydrogen (secondary N) is 1. The van der Waals surface area contributed by atoms with Gasteiger partial charge in [-0.05, 0) is 61.6 Å². The van der Waals surface area contributed by atoms with Crippen LogP contribution in [-0.4, -0.2) is 30.9 Å². The standard InChI is InChI=1S/C19H22ClF2NO2/c1-25-15-3-2-13(20)4-14(15)16(24)23-11-17-5-12-6-18(21,8-17)10-19(22,7-12)9-17/h2-4,12H,5-11H2,1H3,(H,23,24). The average Bonchev–Trinajstić information content (AvgIpc) is 2.49. The molecule has 1 N–H and O–H groups in total. The maximum Gasteiger partial charge on any atom is 0.255 e. The van der Waals surface area contributed by atoms with Gasteiger partial charge in [-0.1, -0.05) is 11.6 Å². The predicted molar refractivity (Wildman–Crippen MR) is 91.6 cm³/mol. The van der Waals surface area contributed by atoms with Crippen molar-refractivity contribution in [3.8, 4) is 5.75 Å². The number of carbonyl (C=O) groups is 1. The molecule has 0 saturated heterocycles. The number of carbonyl (C=O) groups excluding carboxylic acids is 1. The first-order valence-corrected chi connectivity index (χ1v) is 9.11. The fraction of sp³-hybridized carbons (Fsp3) is 0.632. The second-order valence-corrected chi connectivity index (χ2v) is 8.77. The normalized spacial score (nSPS) is 38.6. The molecule has 3 nitrogen and oxygen atoms in total. The van der Waals surface area contributed by atoms with Crippen LogP contribution in [0.3, 0.4) is 0 Å². The molecule has 4 aliphatic carbocycles. The van der Waals surface area contributed by atoms with Crippen LogP contribution in [0.15, 0.2) is 18.2 Å². The Balaban J connectivity index is 1.52. The first-order valence-electron chi connectivity index (χ1n) is 8.74. The smallest absolute Gasteiger partial charge is 0.255 e. The fourth-order valence-electron chi connectivity index (χ4n) is 5.81. The largest absolute Gasteiger partial charge is 0.496 e. The van der Waals surface area contributed by atoms with Gasteiger partial charge in [-0.15, -0.1) is 0 Å². The van der Waals surface area contributed by atoms with Crippen LogP contribution < -0.4 is 10.1 Å². The van der Waals surface area contributed by atoms with Crippen molar-refractivity contribution >= 4 is 17.5 Å². The second-order valence-electron chi connectivity index (χ2n) is 8.34. The first-order chi connectivity index (χ1) is 11.7. The third-order valence-corrected chi connectivity index (χ3v) is 6.31. The molecule has 2 unspecified atom stereocenters. The molecule has 136 valence electrons. The monoisotopic (exact) mass is 369 g/mol. The zero-order valence-corrected chi connectivity index (χ0v) is 15.0. The lowest BCUT2D eigenvalue weighted by atomic mass is 9.47. The van der Waals surface area contributed by atoms with Crippen LogP contribution in [0.5, 0.6) is 5.75 Å². The Morgan fingerprint density at radius 1 is 1.24 bits per heavy atom. The average molecular weight is 370 g/mol. The summed E-state index contributed by atoms with van der Waals surface area (Å²) in [6, 6.07) is 4.83. The van der Waals surface area contributed by atoms with Crippen molar-refractivity contribution in [2.75, 3.05) is 13.7 Å². The lowest BCUT2D eigenvalue weighted by molar-refractivity contribution is -0.172. The number of alkyl halides is 2. The zero-order valence-electron chi connectivity index (χ0n) is 14.2. The minimum Gasteiger partial charge on any atom is -0.496 e. The Kier molecular flexibility index (Phi) is 3.80. The highest BCUT2D eigenvalue weighted by molar-refractivity contribution is 6.31. The number of hydrogen-bond acceptors (Lipinski definition) is 2. The summed E-state index contributed by atoms with van der Waals surface area (Å²) >= 11 is 5.98. The van der Waals surface area contributed by atoms with E-state index in [1.54, 1.807) is 18.2 Å². The topological polar surface area (TPSA) is 38.3 Å². The molecule has 0 spiro atoms. The highest BCUT2D eigenvalue weighted by Gasteiger charge is 2.64. The molecule has 0 heterocycles. The summed E-state index contributed by atoms with van der Waals surface area (Å²) in [6.45, 7) is 0.287. The third kappa shape index (κ3) is 3.01. The molecule has 4 bridgehead atoms. The van der Waals surface area contributed by atoms with E-state index >= 15 is 8.78 Å². The molecular formula is C19H22ClF2NO2. The van der Waals surface area contributed by atoms with Crippen molar-refractivity contribution in [2.45, 2.75) is 49.9 Å². The van der Waals surface area contributed by atoms with Gasteiger partial charge in [-0.3, -0.25) is 4.79 Å². The summed E-state index contributed by atoms with van der Waals surface area (Å²) in [5.41, 5.74) is -2.96. The molecule has 1 amide bonds. The molecule has 6 heteroatoms. The molecule has 4 fully saturated rings. The molecule has 2 atom stereocenters. The molecule has 1 aromatic rings. The molecule has 5 rings (SSSR count). The van der Waals surface area contributed by atoms with Crippen LogP contribution in [0.4, 0.5) is 8.78 Å². The maximum absolute atomic E-state index is 15.0. The SMILES string of the molecule is COc1ccc(Cl)cc1C(=O)NCC12CC3CC(F)(CC(F)(C3)C1)C2. The summed E-state index contributed by atoms with van der Waals surface area (Å²) in [7, 11) is 1.48. The number of halogens is 3. The summed E-state index contributed by atoms with van der Waals surface area (Å²) in [4.78, 5) is 12.6. The van der Waals surface area contributed by atoms with E-state index in [0.717, 1.165) is 6.42 Å². The lowest BCUT2D eigenvalue weighted by Crippen LogP contribution is -2.62. The van der Waals surface area contributed by atoms with Crippen molar-refractivity contribution < 1.29 is 18.3 Å². The highest BCUT2D eigenvalue weighted by atomic mass is 35.5. The van der Waals surface area contributed by atoms with Crippen molar-refractivity contribution in [1.29, 1.82) is 0 Å².